The number of carbonyl (C=O) groups is 1. The number of fused-ring (bicyclic) bond motifs is 1. The second-order valence-corrected chi connectivity index (χ2v) is 4.89. The van der Waals surface area contributed by atoms with E-state index in [1.54, 1.807) is 17.1 Å². The largest absolute Gasteiger partial charge is 0.398 e. The van der Waals surface area contributed by atoms with E-state index < -0.39 is 0 Å². The molecule has 5 nitrogen and oxygen atoms in total. The summed E-state index contributed by atoms with van der Waals surface area (Å²) < 4.78 is 1.78. The third-order valence-corrected chi connectivity index (χ3v) is 3.51. The lowest BCUT2D eigenvalue weighted by Crippen LogP contribution is -2.36. The zero-order valence-electron chi connectivity index (χ0n) is 10.8. The van der Waals surface area contributed by atoms with Crippen LogP contribution in [0.4, 0.5) is 5.69 Å². The molecule has 0 spiro atoms. The van der Waals surface area contributed by atoms with Crippen molar-refractivity contribution in [1.82, 2.24) is 14.5 Å². The van der Waals surface area contributed by atoms with E-state index in [4.69, 9.17) is 5.73 Å². The third kappa shape index (κ3) is 2.07. The maximum absolute atomic E-state index is 12.3. The highest BCUT2D eigenvalue weighted by Crippen LogP contribution is 2.24. The van der Waals surface area contributed by atoms with Gasteiger partial charge in [-0.1, -0.05) is 12.1 Å². The van der Waals surface area contributed by atoms with Crippen molar-refractivity contribution >= 4 is 11.6 Å². The maximum atomic E-state index is 12.3. The van der Waals surface area contributed by atoms with Gasteiger partial charge in [-0.25, -0.2) is 4.98 Å². The van der Waals surface area contributed by atoms with E-state index in [2.05, 4.69) is 4.98 Å². The summed E-state index contributed by atoms with van der Waals surface area (Å²) in [5.74, 6) is -0.0197. The number of rotatable bonds is 1. The number of imidazole rings is 1. The SMILES string of the molecule is Cn1cnc(C(=O)N2CCc3c(N)cccc3C2)c1. The van der Waals surface area contributed by atoms with Crippen LogP contribution >= 0.6 is 0 Å². The Kier molecular flexibility index (Phi) is 2.74. The minimum atomic E-state index is -0.0197. The van der Waals surface area contributed by atoms with Crippen LogP contribution in [0, 0.1) is 0 Å². The second kappa shape index (κ2) is 4.42. The first-order valence-corrected chi connectivity index (χ1v) is 6.28. The van der Waals surface area contributed by atoms with Gasteiger partial charge in [0.25, 0.3) is 5.91 Å². The average molecular weight is 256 g/mol. The monoisotopic (exact) mass is 256 g/mol. The molecule has 2 N–H and O–H groups in total. The molecule has 1 aromatic heterocycles. The summed E-state index contributed by atoms with van der Waals surface area (Å²) in [7, 11) is 1.86. The van der Waals surface area contributed by atoms with Crippen LogP contribution in [0.3, 0.4) is 0 Å². The molecule has 0 fully saturated rings. The normalized spacial score (nSPS) is 14.3. The van der Waals surface area contributed by atoms with Gasteiger partial charge in [0.2, 0.25) is 0 Å². The topological polar surface area (TPSA) is 64.2 Å². The van der Waals surface area contributed by atoms with E-state index in [-0.39, 0.29) is 5.91 Å². The smallest absolute Gasteiger partial charge is 0.274 e. The van der Waals surface area contributed by atoms with Gasteiger partial charge < -0.3 is 15.2 Å². The van der Waals surface area contributed by atoms with Crippen LogP contribution in [0.15, 0.2) is 30.7 Å². The predicted octanol–water partition coefficient (Wildman–Crippen LogP) is 1.20. The fourth-order valence-electron chi connectivity index (χ4n) is 2.50. The van der Waals surface area contributed by atoms with Crippen molar-refractivity contribution in [2.45, 2.75) is 13.0 Å². The lowest BCUT2D eigenvalue weighted by Gasteiger charge is -2.29. The summed E-state index contributed by atoms with van der Waals surface area (Å²) in [5, 5.41) is 0. The van der Waals surface area contributed by atoms with Crippen molar-refractivity contribution in [2.24, 2.45) is 7.05 Å². The molecule has 1 aliphatic heterocycles. The van der Waals surface area contributed by atoms with Gasteiger partial charge in [0.05, 0.1) is 6.33 Å². The minimum Gasteiger partial charge on any atom is -0.398 e. The van der Waals surface area contributed by atoms with E-state index >= 15 is 0 Å². The summed E-state index contributed by atoms with van der Waals surface area (Å²) in [6, 6.07) is 5.88. The van der Waals surface area contributed by atoms with Crippen LogP contribution in [0.5, 0.6) is 0 Å². The molecule has 0 radical (unpaired) electrons. The Balaban J connectivity index is 1.84. The van der Waals surface area contributed by atoms with Crippen LogP contribution in [0.2, 0.25) is 0 Å². The van der Waals surface area contributed by atoms with E-state index in [9.17, 15) is 4.79 Å². The number of nitrogens with zero attached hydrogens (tertiary/aromatic N) is 3. The highest BCUT2D eigenvalue weighted by atomic mass is 16.2. The van der Waals surface area contributed by atoms with Crippen molar-refractivity contribution in [3.8, 4) is 0 Å². The number of benzene rings is 1. The van der Waals surface area contributed by atoms with Crippen molar-refractivity contribution < 1.29 is 4.79 Å². The number of aromatic nitrogens is 2. The van der Waals surface area contributed by atoms with Crippen LogP contribution in [0.1, 0.15) is 21.6 Å². The van der Waals surface area contributed by atoms with Gasteiger partial charge in [-0.05, 0) is 23.6 Å². The number of amides is 1. The molecular weight excluding hydrogens is 240 g/mol. The number of anilines is 1. The first-order chi connectivity index (χ1) is 9.15. The van der Waals surface area contributed by atoms with Crippen LogP contribution in [-0.4, -0.2) is 26.9 Å². The van der Waals surface area contributed by atoms with Crippen molar-refractivity contribution in [3.05, 3.63) is 47.5 Å². The lowest BCUT2D eigenvalue weighted by molar-refractivity contribution is 0.0729. The van der Waals surface area contributed by atoms with Gasteiger partial charge in [-0.15, -0.1) is 0 Å². The molecule has 1 aromatic carbocycles. The Bertz CT molecular complexity index is 632. The Morgan fingerprint density at radius 2 is 2.26 bits per heavy atom. The van der Waals surface area contributed by atoms with E-state index in [0.717, 1.165) is 17.7 Å². The summed E-state index contributed by atoms with van der Waals surface area (Å²) in [6.45, 7) is 1.30. The van der Waals surface area contributed by atoms with Gasteiger partial charge in [-0.2, -0.15) is 0 Å². The molecule has 5 heteroatoms. The fourth-order valence-corrected chi connectivity index (χ4v) is 2.50. The van der Waals surface area contributed by atoms with E-state index in [1.807, 2.05) is 30.1 Å². The Morgan fingerprint density at radius 3 is 3.00 bits per heavy atom. The van der Waals surface area contributed by atoms with Crippen molar-refractivity contribution in [2.75, 3.05) is 12.3 Å². The number of hydrogen-bond donors (Lipinski definition) is 1. The molecular formula is C14H16N4O. The summed E-state index contributed by atoms with van der Waals surface area (Å²) in [6.07, 6.45) is 4.20. The standard InChI is InChI=1S/C14H16N4O/c1-17-8-13(16-9-17)14(19)18-6-5-11-10(7-18)3-2-4-12(11)15/h2-4,8-9H,5-7,15H2,1H3. The Hall–Kier alpha value is -2.30. The second-order valence-electron chi connectivity index (χ2n) is 4.89. The van der Waals surface area contributed by atoms with E-state index in [0.29, 0.717) is 18.8 Å². The molecule has 0 atom stereocenters. The summed E-state index contributed by atoms with van der Waals surface area (Å²) >= 11 is 0. The van der Waals surface area contributed by atoms with Crippen LogP contribution < -0.4 is 5.73 Å². The molecule has 0 saturated heterocycles. The van der Waals surface area contributed by atoms with Crippen molar-refractivity contribution in [3.63, 3.8) is 0 Å². The lowest BCUT2D eigenvalue weighted by atomic mass is 9.98. The predicted molar refractivity (Wildman–Crippen MR) is 72.5 cm³/mol. The molecule has 0 bridgehead atoms. The molecule has 3 rings (SSSR count). The third-order valence-electron chi connectivity index (χ3n) is 3.51. The zero-order valence-corrected chi connectivity index (χ0v) is 10.8. The molecule has 0 saturated carbocycles. The van der Waals surface area contributed by atoms with Gasteiger partial charge >= 0.3 is 0 Å². The molecule has 2 heterocycles. The number of aryl methyl sites for hydroxylation is 1. The van der Waals surface area contributed by atoms with Crippen LogP contribution in [0.25, 0.3) is 0 Å². The first-order valence-electron chi connectivity index (χ1n) is 6.28. The summed E-state index contributed by atoms with van der Waals surface area (Å²) in [4.78, 5) is 18.3. The molecule has 1 aliphatic rings. The number of carbonyl (C=O) groups excluding carboxylic acids is 1. The maximum Gasteiger partial charge on any atom is 0.274 e. The minimum absolute atomic E-state index is 0.0197. The van der Waals surface area contributed by atoms with Gasteiger partial charge in [0.15, 0.2) is 0 Å². The quantitative estimate of drug-likeness (QED) is 0.780. The molecule has 19 heavy (non-hydrogen) atoms. The van der Waals surface area contributed by atoms with Gasteiger partial charge in [0, 0.05) is 32.0 Å². The van der Waals surface area contributed by atoms with Gasteiger partial charge in [0.1, 0.15) is 5.69 Å². The molecule has 2 aromatic rings. The number of nitrogens with two attached hydrogens (primary N) is 1. The summed E-state index contributed by atoms with van der Waals surface area (Å²) in [5.41, 5.74) is 9.58. The zero-order chi connectivity index (χ0) is 13.4. The number of hydrogen-bond acceptors (Lipinski definition) is 3. The number of nitrogen functional groups attached to an aromatic ring is 1. The first kappa shape index (κ1) is 11.8. The molecule has 0 aliphatic carbocycles. The molecule has 98 valence electrons. The van der Waals surface area contributed by atoms with Gasteiger partial charge in [-0.3, -0.25) is 4.79 Å². The Morgan fingerprint density at radius 1 is 1.42 bits per heavy atom. The molecule has 1 amide bonds. The van der Waals surface area contributed by atoms with Crippen LogP contribution in [-0.2, 0) is 20.0 Å². The highest BCUT2D eigenvalue weighted by Gasteiger charge is 2.23. The average Bonchev–Trinajstić information content (AvgIpc) is 2.84. The van der Waals surface area contributed by atoms with Crippen molar-refractivity contribution in [1.29, 1.82) is 0 Å². The molecule has 0 unspecified atom stereocenters. The fraction of sp³-hybridized carbons (Fsp3) is 0.286. The highest BCUT2D eigenvalue weighted by molar-refractivity contribution is 5.92. The Labute approximate surface area is 111 Å². The van der Waals surface area contributed by atoms with E-state index in [1.165, 1.54) is 5.56 Å².